The van der Waals surface area contributed by atoms with Crippen LogP contribution in [0.4, 0.5) is 0 Å². The fourth-order valence-electron chi connectivity index (χ4n) is 1.06. The Kier molecular flexibility index (Phi) is 13.0. The molecular weight excluding hydrogens is 355 g/mol. The summed E-state index contributed by atoms with van der Waals surface area (Å²) in [6, 6.07) is 17.4. The van der Waals surface area contributed by atoms with Crippen molar-refractivity contribution in [3.05, 3.63) is 48.5 Å². The van der Waals surface area contributed by atoms with Crippen LogP contribution < -0.4 is 31.3 Å². The molecule has 0 amide bonds. The summed E-state index contributed by atoms with van der Waals surface area (Å²) < 4.78 is 0. The van der Waals surface area contributed by atoms with Crippen molar-refractivity contribution in [2.24, 2.45) is 0 Å². The van der Waals surface area contributed by atoms with Crippen molar-refractivity contribution in [3.63, 3.8) is 0 Å². The van der Waals surface area contributed by atoms with E-state index in [1.54, 1.807) is 0 Å². The Hall–Kier alpha value is 0.941. The van der Waals surface area contributed by atoms with Crippen LogP contribution in [-0.4, -0.2) is 0 Å². The summed E-state index contributed by atoms with van der Waals surface area (Å²) >= 11 is 3.62. The van der Waals surface area contributed by atoms with Gasteiger partial charge in [0.15, 0.2) is 0 Å². The largest absolute Gasteiger partial charge is 0.147 e. The van der Waals surface area contributed by atoms with Crippen molar-refractivity contribution >= 4 is 30.5 Å². The molecule has 0 N–H and O–H groups in total. The average Bonchev–Trinajstić information content (AvgIpc) is 2.21. The maximum Gasteiger partial charge on any atom is -0.0801 e. The Morgan fingerprint density at radius 2 is 1.57 bits per heavy atom. The van der Waals surface area contributed by atoms with E-state index in [-0.39, 0.29) is 31.3 Å². The minimum absolute atomic E-state index is 0. The molecule has 0 spiro atoms. The molecule has 0 aromatic heterocycles. The van der Waals surface area contributed by atoms with Crippen LogP contribution in [-0.2, 0) is 14.8 Å². The van der Waals surface area contributed by atoms with Gasteiger partial charge in [0, 0.05) is 0 Å². The summed E-state index contributed by atoms with van der Waals surface area (Å²) in [4.78, 5) is 0. The Morgan fingerprint density at radius 1 is 1.00 bits per heavy atom. The molecule has 4 heteroatoms. The third-order valence-corrected chi connectivity index (χ3v) is 1.57. The third kappa shape index (κ3) is 5.14. The van der Waals surface area contributed by atoms with E-state index in [1.807, 2.05) is 24.3 Å². The number of rotatable bonds is 0. The molecule has 2 aromatic rings. The molecule has 0 nitrogen and oxygen atoms in total. The number of halogens is 2. The Bertz CT molecular complexity index is 291. The van der Waals surface area contributed by atoms with Crippen LogP contribution in [0.5, 0.6) is 0 Å². The molecule has 14 heavy (non-hydrogen) atoms. The van der Waals surface area contributed by atoms with Gasteiger partial charge in [-0.2, -0.15) is 0 Å². The van der Waals surface area contributed by atoms with E-state index in [9.17, 15) is 0 Å². The van der Waals surface area contributed by atoms with E-state index >= 15 is 0 Å². The molecule has 0 bridgehead atoms. The molecule has 0 atom stereocenters. The number of benzene rings is 2. The van der Waals surface area contributed by atoms with E-state index in [0.717, 1.165) is 0 Å². The van der Waals surface area contributed by atoms with Crippen molar-refractivity contribution in [2.75, 3.05) is 0 Å². The minimum Gasteiger partial charge on any atom is -0.147 e. The van der Waals surface area contributed by atoms with Crippen molar-refractivity contribution in [2.45, 2.75) is 0 Å². The van der Waals surface area contributed by atoms with Crippen molar-refractivity contribution in [1.29, 1.82) is 0 Å². The average molecular weight is 362 g/mol. The van der Waals surface area contributed by atoms with Crippen LogP contribution >= 0.6 is 19.8 Å². The Labute approximate surface area is 124 Å². The van der Waals surface area contributed by atoms with Gasteiger partial charge in [0.2, 0.25) is 0 Å². The molecule has 0 heterocycles. The van der Waals surface area contributed by atoms with Gasteiger partial charge in [0.1, 0.15) is 0 Å². The summed E-state index contributed by atoms with van der Waals surface area (Å²) in [6.45, 7) is 0. The van der Waals surface area contributed by atoms with Gasteiger partial charge in [-0.05, 0) is 0 Å². The minimum atomic E-state index is 0. The second kappa shape index (κ2) is 10.5. The Morgan fingerprint density at radius 3 is 2.21 bits per heavy atom. The molecule has 2 aromatic carbocycles. The molecule has 0 aliphatic heterocycles. The van der Waals surface area contributed by atoms with E-state index in [1.165, 1.54) is 25.6 Å². The third-order valence-electron chi connectivity index (χ3n) is 1.57. The molecule has 2 rings (SSSR count). The Balaban J connectivity index is 0. The predicted molar refractivity (Wildman–Crippen MR) is 56.8 cm³/mol. The van der Waals surface area contributed by atoms with Crippen LogP contribution in [0, 0.1) is 6.07 Å². The van der Waals surface area contributed by atoms with Gasteiger partial charge >= 0.3 is 53.4 Å². The first-order valence-corrected chi connectivity index (χ1v) is 12.6. The van der Waals surface area contributed by atoms with Crippen LogP contribution in [0.25, 0.3) is 10.8 Å². The van der Waals surface area contributed by atoms with Crippen LogP contribution in [0.15, 0.2) is 42.5 Å². The van der Waals surface area contributed by atoms with E-state index in [4.69, 9.17) is 0 Å². The number of hydrogen-bond acceptors (Lipinski definition) is 0. The van der Waals surface area contributed by atoms with Crippen LogP contribution in [0.1, 0.15) is 0 Å². The fraction of sp³-hybridized carbons (Fsp3) is 0. The maximum absolute atomic E-state index is 3.15. The summed E-state index contributed by atoms with van der Waals surface area (Å²) in [5, 5.41) is 2.44. The first-order chi connectivity index (χ1) is 5.97. The van der Waals surface area contributed by atoms with Gasteiger partial charge in [0.25, 0.3) is 0 Å². The second-order valence-corrected chi connectivity index (χ2v) is 2.26. The van der Waals surface area contributed by atoms with Crippen LogP contribution in [0.2, 0.25) is 0 Å². The van der Waals surface area contributed by atoms with Crippen LogP contribution in [0.3, 0.4) is 0 Å². The molecule has 0 aliphatic rings. The number of fused-ring (bicyclic) bond motifs is 1. The quantitative estimate of drug-likeness (QED) is 0.277. The fourth-order valence-corrected chi connectivity index (χ4v) is 1.06. The molecule has 0 aliphatic carbocycles. The smallest absolute Gasteiger partial charge is 0.0801 e. The first kappa shape index (κ1) is 17.3. The van der Waals surface area contributed by atoms with Gasteiger partial charge in [-0.25, -0.2) is 0 Å². The molecule has 64 valence electrons. The molecule has 0 saturated carbocycles. The van der Waals surface area contributed by atoms with E-state index in [0.29, 0.717) is 0 Å². The maximum atomic E-state index is 3.15. The SMILES string of the molecule is [Cl-].[Li+].[Zn+][I].[c-]1cccc2ccccc12. The van der Waals surface area contributed by atoms with E-state index in [2.05, 4.69) is 44.0 Å². The molecule has 0 saturated heterocycles. The van der Waals surface area contributed by atoms with Crippen molar-refractivity contribution < 1.29 is 46.1 Å². The summed E-state index contributed by atoms with van der Waals surface area (Å²) in [7, 11) is 0. The second-order valence-electron chi connectivity index (χ2n) is 2.26. The molecule has 0 fully saturated rings. The van der Waals surface area contributed by atoms with Gasteiger partial charge in [-0.1, -0.05) is 12.1 Å². The zero-order valence-electron chi connectivity index (χ0n) is 8.00. The topological polar surface area (TPSA) is 0 Å². The van der Waals surface area contributed by atoms with Gasteiger partial charge < -0.3 is 12.4 Å². The normalized spacial score (nSPS) is 7.64. The molecular formula is C10H7ClILiZn. The molecule has 0 unspecified atom stereocenters. The van der Waals surface area contributed by atoms with E-state index < -0.39 is 0 Å². The molecule has 0 radical (unpaired) electrons. The zero-order valence-corrected chi connectivity index (χ0v) is 13.9. The standard InChI is InChI=1S/C10H7.ClH.HI.Li.Zn/c1-2-6-10-8-4-3-7-9(10)5-1;;;;/h1-7H;2*1H;;/q-1;;;+1;+2/p-2. The summed E-state index contributed by atoms with van der Waals surface area (Å²) in [5.74, 6) is 0. The number of hydrogen-bond donors (Lipinski definition) is 0. The van der Waals surface area contributed by atoms with Crippen molar-refractivity contribution in [3.8, 4) is 0 Å². The summed E-state index contributed by atoms with van der Waals surface area (Å²) in [6.07, 6.45) is 0. The van der Waals surface area contributed by atoms with Gasteiger partial charge in [0.05, 0.1) is 0 Å². The monoisotopic (exact) mass is 360 g/mol. The summed E-state index contributed by atoms with van der Waals surface area (Å²) in [5.41, 5.74) is 0. The predicted octanol–water partition coefficient (Wildman–Crippen LogP) is -2.47. The van der Waals surface area contributed by atoms with Gasteiger partial charge in [-0.3, -0.25) is 0 Å². The van der Waals surface area contributed by atoms with Crippen molar-refractivity contribution in [1.82, 2.24) is 0 Å². The van der Waals surface area contributed by atoms with Gasteiger partial charge in [-0.15, -0.1) is 47.2 Å². The zero-order chi connectivity index (χ0) is 8.81. The first-order valence-electron chi connectivity index (χ1n) is 3.59.